The molecule has 1 saturated carbocycles. The van der Waals surface area contributed by atoms with E-state index in [1.807, 2.05) is 0 Å². The van der Waals surface area contributed by atoms with Crippen molar-refractivity contribution in [2.75, 3.05) is 6.61 Å². The molecule has 0 bridgehead atoms. The molecule has 80 valence electrons. The maximum Gasteiger partial charge on any atom is 0.163 e. The van der Waals surface area contributed by atoms with E-state index < -0.39 is 0 Å². The first-order valence-corrected chi connectivity index (χ1v) is 5.10. The molecular formula is C12H13FO2. The summed E-state index contributed by atoms with van der Waals surface area (Å²) in [6.45, 7) is 2.04. The zero-order valence-corrected chi connectivity index (χ0v) is 8.63. The standard InChI is InChI=1S/C12H13FO2/c1-8(14)11-5-4-10(13)6-12(11)15-7-9-2-3-9/h4-6,9H,2-3,7H2,1H3. The lowest BCUT2D eigenvalue weighted by atomic mass is 10.1. The molecule has 0 heterocycles. The van der Waals surface area contributed by atoms with Gasteiger partial charge in [0.1, 0.15) is 11.6 Å². The Morgan fingerprint density at radius 2 is 2.27 bits per heavy atom. The quantitative estimate of drug-likeness (QED) is 0.711. The van der Waals surface area contributed by atoms with Gasteiger partial charge in [0.05, 0.1) is 12.2 Å². The SMILES string of the molecule is CC(=O)c1ccc(F)cc1OCC1CC1. The Bertz CT molecular complexity index is 383. The zero-order valence-electron chi connectivity index (χ0n) is 8.63. The smallest absolute Gasteiger partial charge is 0.163 e. The number of halogens is 1. The van der Waals surface area contributed by atoms with E-state index in [1.54, 1.807) is 0 Å². The van der Waals surface area contributed by atoms with Crippen molar-refractivity contribution in [1.82, 2.24) is 0 Å². The number of benzene rings is 1. The number of rotatable bonds is 4. The lowest BCUT2D eigenvalue weighted by Crippen LogP contribution is -2.04. The molecular weight excluding hydrogens is 195 g/mol. The molecule has 1 fully saturated rings. The lowest BCUT2D eigenvalue weighted by Gasteiger charge is -2.08. The minimum atomic E-state index is -0.370. The first-order valence-electron chi connectivity index (χ1n) is 5.10. The highest BCUT2D eigenvalue weighted by Gasteiger charge is 2.22. The average Bonchev–Trinajstić information content (AvgIpc) is 2.97. The van der Waals surface area contributed by atoms with E-state index >= 15 is 0 Å². The van der Waals surface area contributed by atoms with Crippen molar-refractivity contribution in [3.63, 3.8) is 0 Å². The molecule has 1 aromatic carbocycles. The van der Waals surface area contributed by atoms with Crippen LogP contribution in [-0.2, 0) is 0 Å². The van der Waals surface area contributed by atoms with Gasteiger partial charge in [0.2, 0.25) is 0 Å². The Morgan fingerprint density at radius 3 is 2.87 bits per heavy atom. The summed E-state index contributed by atoms with van der Waals surface area (Å²) in [5.41, 5.74) is 0.456. The van der Waals surface area contributed by atoms with E-state index in [9.17, 15) is 9.18 Å². The minimum Gasteiger partial charge on any atom is -0.492 e. The normalized spacial score (nSPS) is 15.1. The Morgan fingerprint density at radius 1 is 1.53 bits per heavy atom. The van der Waals surface area contributed by atoms with Crippen LogP contribution in [0.3, 0.4) is 0 Å². The molecule has 0 aromatic heterocycles. The number of ketones is 1. The fourth-order valence-electron chi connectivity index (χ4n) is 1.40. The number of hydrogen-bond donors (Lipinski definition) is 0. The molecule has 15 heavy (non-hydrogen) atoms. The van der Waals surface area contributed by atoms with Crippen LogP contribution in [0.25, 0.3) is 0 Å². The second kappa shape index (κ2) is 4.01. The first kappa shape index (κ1) is 10.1. The van der Waals surface area contributed by atoms with Crippen LogP contribution < -0.4 is 4.74 Å². The Kier molecular flexibility index (Phi) is 2.71. The molecule has 1 aliphatic carbocycles. The third-order valence-corrected chi connectivity index (χ3v) is 2.49. The van der Waals surface area contributed by atoms with Crippen molar-refractivity contribution in [1.29, 1.82) is 0 Å². The fraction of sp³-hybridized carbons (Fsp3) is 0.417. The molecule has 0 aliphatic heterocycles. The number of carbonyl (C=O) groups excluding carboxylic acids is 1. The van der Waals surface area contributed by atoms with E-state index in [1.165, 1.54) is 38.0 Å². The zero-order chi connectivity index (χ0) is 10.8. The van der Waals surface area contributed by atoms with Gasteiger partial charge in [-0.05, 0) is 37.8 Å². The predicted molar refractivity (Wildman–Crippen MR) is 54.6 cm³/mol. The number of hydrogen-bond acceptors (Lipinski definition) is 2. The van der Waals surface area contributed by atoms with Crippen LogP contribution in [0.2, 0.25) is 0 Å². The molecule has 0 saturated heterocycles. The molecule has 0 radical (unpaired) electrons. The Balaban J connectivity index is 2.16. The van der Waals surface area contributed by atoms with Gasteiger partial charge in [0, 0.05) is 6.07 Å². The molecule has 2 rings (SSSR count). The van der Waals surface area contributed by atoms with Crippen LogP contribution in [-0.4, -0.2) is 12.4 Å². The first-order chi connectivity index (χ1) is 7.16. The second-order valence-corrected chi connectivity index (χ2v) is 3.95. The van der Waals surface area contributed by atoms with Crippen molar-refractivity contribution >= 4 is 5.78 Å². The van der Waals surface area contributed by atoms with Crippen molar-refractivity contribution in [3.05, 3.63) is 29.6 Å². The summed E-state index contributed by atoms with van der Waals surface area (Å²) in [6.07, 6.45) is 2.34. The van der Waals surface area contributed by atoms with E-state index in [2.05, 4.69) is 0 Å². The van der Waals surface area contributed by atoms with E-state index in [0.717, 1.165) is 0 Å². The molecule has 2 nitrogen and oxygen atoms in total. The summed E-state index contributed by atoms with van der Waals surface area (Å²) in [5, 5.41) is 0. The number of ether oxygens (including phenoxy) is 1. The summed E-state index contributed by atoms with van der Waals surface area (Å²) in [6, 6.07) is 4.03. The molecule has 0 atom stereocenters. The third-order valence-electron chi connectivity index (χ3n) is 2.49. The van der Waals surface area contributed by atoms with Crippen molar-refractivity contribution in [2.24, 2.45) is 5.92 Å². The molecule has 1 aliphatic rings. The molecule has 0 unspecified atom stereocenters. The van der Waals surface area contributed by atoms with Crippen molar-refractivity contribution < 1.29 is 13.9 Å². The number of carbonyl (C=O) groups is 1. The largest absolute Gasteiger partial charge is 0.492 e. The van der Waals surface area contributed by atoms with Crippen LogP contribution in [0.4, 0.5) is 4.39 Å². The summed E-state index contributed by atoms with van der Waals surface area (Å²) < 4.78 is 18.4. The van der Waals surface area contributed by atoms with Gasteiger partial charge in [-0.1, -0.05) is 0 Å². The monoisotopic (exact) mass is 208 g/mol. The molecule has 0 amide bonds. The van der Waals surface area contributed by atoms with Crippen LogP contribution >= 0.6 is 0 Å². The van der Waals surface area contributed by atoms with Crippen LogP contribution in [0.5, 0.6) is 5.75 Å². The van der Waals surface area contributed by atoms with Gasteiger partial charge < -0.3 is 4.74 Å². The predicted octanol–water partition coefficient (Wildman–Crippen LogP) is 2.82. The highest BCUT2D eigenvalue weighted by Crippen LogP contribution is 2.30. The topological polar surface area (TPSA) is 26.3 Å². The minimum absolute atomic E-state index is 0.0965. The Hall–Kier alpha value is -1.38. The van der Waals surface area contributed by atoms with Crippen molar-refractivity contribution in [2.45, 2.75) is 19.8 Å². The van der Waals surface area contributed by atoms with Gasteiger partial charge in [-0.15, -0.1) is 0 Å². The van der Waals surface area contributed by atoms with Gasteiger partial charge in [0.25, 0.3) is 0 Å². The Labute approximate surface area is 88.1 Å². The van der Waals surface area contributed by atoms with Crippen LogP contribution in [0.15, 0.2) is 18.2 Å². The maximum absolute atomic E-state index is 13.0. The summed E-state index contributed by atoms with van der Waals surface area (Å²) in [5.74, 6) is 0.495. The van der Waals surface area contributed by atoms with Gasteiger partial charge in [-0.2, -0.15) is 0 Å². The molecule has 0 spiro atoms. The number of Topliss-reactive ketones (excluding diaryl/α,β-unsaturated/α-hetero) is 1. The highest BCUT2D eigenvalue weighted by atomic mass is 19.1. The van der Waals surface area contributed by atoms with E-state index in [0.29, 0.717) is 23.8 Å². The average molecular weight is 208 g/mol. The van der Waals surface area contributed by atoms with Gasteiger partial charge >= 0.3 is 0 Å². The summed E-state index contributed by atoms with van der Waals surface area (Å²) in [7, 11) is 0. The van der Waals surface area contributed by atoms with Crippen LogP contribution in [0, 0.1) is 11.7 Å². The maximum atomic E-state index is 13.0. The van der Waals surface area contributed by atoms with Crippen molar-refractivity contribution in [3.8, 4) is 5.75 Å². The van der Waals surface area contributed by atoms with E-state index in [-0.39, 0.29) is 11.6 Å². The fourth-order valence-corrected chi connectivity index (χ4v) is 1.40. The molecule has 0 N–H and O–H groups in total. The summed E-state index contributed by atoms with van der Waals surface area (Å²) >= 11 is 0. The van der Waals surface area contributed by atoms with Gasteiger partial charge in [0.15, 0.2) is 5.78 Å². The van der Waals surface area contributed by atoms with Gasteiger partial charge in [-0.25, -0.2) is 4.39 Å². The molecule has 3 heteroatoms. The highest BCUT2D eigenvalue weighted by molar-refractivity contribution is 5.96. The lowest BCUT2D eigenvalue weighted by molar-refractivity contribution is 0.101. The van der Waals surface area contributed by atoms with Gasteiger partial charge in [-0.3, -0.25) is 4.79 Å². The third kappa shape index (κ3) is 2.55. The summed E-state index contributed by atoms with van der Waals surface area (Å²) in [4.78, 5) is 11.2. The van der Waals surface area contributed by atoms with E-state index in [4.69, 9.17) is 4.74 Å². The van der Waals surface area contributed by atoms with Crippen LogP contribution in [0.1, 0.15) is 30.1 Å². The second-order valence-electron chi connectivity index (χ2n) is 3.95. The molecule has 1 aromatic rings.